The molecule has 1 saturated heterocycles. The van der Waals surface area contributed by atoms with Crippen molar-refractivity contribution in [3.8, 4) is 0 Å². The van der Waals surface area contributed by atoms with Gasteiger partial charge in [-0.1, -0.05) is 11.6 Å². The van der Waals surface area contributed by atoms with E-state index in [1.807, 2.05) is 0 Å². The first-order chi connectivity index (χ1) is 10.1. The second-order valence-electron chi connectivity index (χ2n) is 4.68. The molecule has 0 saturated carbocycles. The van der Waals surface area contributed by atoms with Gasteiger partial charge in [-0.05, 0) is 31.9 Å². The van der Waals surface area contributed by atoms with Crippen molar-refractivity contribution in [1.29, 1.82) is 0 Å². The Kier molecular flexibility index (Phi) is 5.32. The lowest BCUT2D eigenvalue weighted by atomic mass is 10.1. The molecule has 1 aromatic heterocycles. The number of halogens is 1. The zero-order valence-electron chi connectivity index (χ0n) is 11.7. The Bertz CT molecular complexity index is 501. The summed E-state index contributed by atoms with van der Waals surface area (Å²) >= 11 is 5.62. The summed E-state index contributed by atoms with van der Waals surface area (Å²) < 4.78 is 4.95. The van der Waals surface area contributed by atoms with Crippen LogP contribution in [0.5, 0.6) is 0 Å². The molecule has 7 nitrogen and oxygen atoms in total. The van der Waals surface area contributed by atoms with E-state index in [0.717, 1.165) is 0 Å². The van der Waals surface area contributed by atoms with E-state index in [1.165, 1.54) is 12.1 Å². The number of ether oxygens (including phenoxy) is 1. The molecule has 0 aromatic carbocycles. The molecule has 0 radical (unpaired) electrons. The first-order valence-electron chi connectivity index (χ1n) is 6.82. The van der Waals surface area contributed by atoms with Crippen LogP contribution in [-0.2, 0) is 4.74 Å². The van der Waals surface area contributed by atoms with Crippen molar-refractivity contribution in [3.63, 3.8) is 0 Å². The maximum Gasteiger partial charge on any atom is 0.409 e. The molecule has 2 amide bonds. The number of hydrogen-bond acceptors (Lipinski definition) is 5. The van der Waals surface area contributed by atoms with Crippen molar-refractivity contribution in [3.05, 3.63) is 23.0 Å². The lowest BCUT2D eigenvalue weighted by Crippen LogP contribution is -2.46. The van der Waals surface area contributed by atoms with E-state index in [0.29, 0.717) is 32.5 Å². The maximum absolute atomic E-state index is 12.0. The minimum Gasteiger partial charge on any atom is -0.450 e. The molecule has 0 unspecified atom stereocenters. The molecule has 2 heterocycles. The van der Waals surface area contributed by atoms with Gasteiger partial charge in [0, 0.05) is 19.1 Å². The van der Waals surface area contributed by atoms with Gasteiger partial charge in [0.2, 0.25) is 0 Å². The van der Waals surface area contributed by atoms with Crippen LogP contribution in [0.3, 0.4) is 0 Å². The molecule has 21 heavy (non-hydrogen) atoms. The number of nitrogens with one attached hydrogen (secondary N) is 1. The first-order valence-corrected chi connectivity index (χ1v) is 7.19. The van der Waals surface area contributed by atoms with Gasteiger partial charge in [-0.3, -0.25) is 4.79 Å². The Morgan fingerprint density at radius 1 is 1.38 bits per heavy atom. The third kappa shape index (κ3) is 4.29. The average molecular weight is 313 g/mol. The summed E-state index contributed by atoms with van der Waals surface area (Å²) in [5.74, 6) is -0.284. The SMILES string of the molecule is CCOC(=O)N1CCC(NC(=O)c2ccc(Cl)nn2)CC1. The zero-order chi connectivity index (χ0) is 15.2. The molecule has 1 aromatic rings. The molecular weight excluding hydrogens is 296 g/mol. The Labute approximate surface area is 127 Å². The summed E-state index contributed by atoms with van der Waals surface area (Å²) in [5, 5.41) is 10.5. The number of likely N-dealkylation sites (tertiary alicyclic amines) is 1. The van der Waals surface area contributed by atoms with E-state index in [1.54, 1.807) is 11.8 Å². The van der Waals surface area contributed by atoms with Crippen LogP contribution >= 0.6 is 11.6 Å². The second-order valence-corrected chi connectivity index (χ2v) is 5.06. The van der Waals surface area contributed by atoms with Gasteiger partial charge in [0.25, 0.3) is 5.91 Å². The average Bonchev–Trinajstić information content (AvgIpc) is 2.49. The molecule has 1 N–H and O–H groups in total. The molecule has 1 fully saturated rings. The van der Waals surface area contributed by atoms with Crippen molar-refractivity contribution in [2.45, 2.75) is 25.8 Å². The molecular formula is C13H17ClN4O3. The van der Waals surface area contributed by atoms with Gasteiger partial charge >= 0.3 is 6.09 Å². The van der Waals surface area contributed by atoms with E-state index >= 15 is 0 Å². The van der Waals surface area contributed by atoms with E-state index in [9.17, 15) is 9.59 Å². The quantitative estimate of drug-likeness (QED) is 0.914. The van der Waals surface area contributed by atoms with Gasteiger partial charge in [0.1, 0.15) is 0 Å². The molecule has 0 atom stereocenters. The van der Waals surface area contributed by atoms with Crippen molar-refractivity contribution < 1.29 is 14.3 Å². The fourth-order valence-corrected chi connectivity index (χ4v) is 2.22. The van der Waals surface area contributed by atoms with Crippen LogP contribution in [0.1, 0.15) is 30.3 Å². The Morgan fingerprint density at radius 3 is 2.67 bits per heavy atom. The lowest BCUT2D eigenvalue weighted by Gasteiger charge is -2.31. The normalized spacial score (nSPS) is 15.6. The summed E-state index contributed by atoms with van der Waals surface area (Å²) in [6, 6.07) is 3.06. The van der Waals surface area contributed by atoms with Crippen LogP contribution in [0, 0.1) is 0 Å². The number of carbonyl (C=O) groups excluding carboxylic acids is 2. The monoisotopic (exact) mass is 312 g/mol. The maximum atomic E-state index is 12.0. The zero-order valence-corrected chi connectivity index (χ0v) is 12.5. The lowest BCUT2D eigenvalue weighted by molar-refractivity contribution is 0.0856. The number of piperidine rings is 1. The third-order valence-corrected chi connectivity index (χ3v) is 3.42. The molecule has 114 valence electrons. The van der Waals surface area contributed by atoms with Gasteiger partial charge in [-0.2, -0.15) is 0 Å². The van der Waals surface area contributed by atoms with E-state index in [2.05, 4.69) is 15.5 Å². The number of nitrogens with zero attached hydrogens (tertiary/aromatic N) is 3. The molecule has 1 aliphatic heterocycles. The summed E-state index contributed by atoms with van der Waals surface area (Å²) in [7, 11) is 0. The van der Waals surface area contributed by atoms with Crippen LogP contribution in [0.2, 0.25) is 5.15 Å². The largest absolute Gasteiger partial charge is 0.450 e. The number of amides is 2. The van der Waals surface area contributed by atoms with Crippen LogP contribution in [-0.4, -0.2) is 52.8 Å². The minimum atomic E-state index is -0.300. The van der Waals surface area contributed by atoms with Gasteiger partial charge < -0.3 is 15.0 Å². The van der Waals surface area contributed by atoms with Crippen LogP contribution in [0.4, 0.5) is 4.79 Å². The highest BCUT2D eigenvalue weighted by Gasteiger charge is 2.25. The van der Waals surface area contributed by atoms with E-state index in [-0.39, 0.29) is 28.9 Å². The standard InChI is InChI=1S/C13H17ClN4O3/c1-2-21-13(20)18-7-5-9(6-8-18)15-12(19)10-3-4-11(14)17-16-10/h3-4,9H,2,5-8H2,1H3,(H,15,19). The summed E-state index contributed by atoms with van der Waals surface area (Å²) in [6.07, 6.45) is 1.07. The molecule has 0 aliphatic carbocycles. The summed E-state index contributed by atoms with van der Waals surface area (Å²) in [5.41, 5.74) is 0.229. The smallest absolute Gasteiger partial charge is 0.409 e. The van der Waals surface area contributed by atoms with Crippen molar-refractivity contribution in [2.24, 2.45) is 0 Å². The van der Waals surface area contributed by atoms with Crippen LogP contribution in [0.15, 0.2) is 12.1 Å². The number of aromatic nitrogens is 2. The summed E-state index contributed by atoms with van der Waals surface area (Å²) in [6.45, 7) is 3.27. The molecule has 1 aliphatic rings. The highest BCUT2D eigenvalue weighted by molar-refractivity contribution is 6.29. The predicted molar refractivity (Wildman–Crippen MR) is 76.1 cm³/mol. The Balaban J connectivity index is 1.82. The minimum absolute atomic E-state index is 0.0145. The van der Waals surface area contributed by atoms with Crippen molar-refractivity contribution in [2.75, 3.05) is 19.7 Å². The molecule has 0 bridgehead atoms. The second kappa shape index (κ2) is 7.21. The van der Waals surface area contributed by atoms with Crippen LogP contribution < -0.4 is 5.32 Å². The first kappa shape index (κ1) is 15.5. The fourth-order valence-electron chi connectivity index (χ4n) is 2.12. The number of rotatable bonds is 3. The van der Waals surface area contributed by atoms with E-state index in [4.69, 9.17) is 16.3 Å². The topological polar surface area (TPSA) is 84.4 Å². The molecule has 2 rings (SSSR count). The Morgan fingerprint density at radius 2 is 2.10 bits per heavy atom. The van der Waals surface area contributed by atoms with Crippen molar-refractivity contribution >= 4 is 23.6 Å². The predicted octanol–water partition coefficient (Wildman–Crippen LogP) is 1.48. The van der Waals surface area contributed by atoms with Gasteiger partial charge in [-0.15, -0.1) is 10.2 Å². The van der Waals surface area contributed by atoms with Gasteiger partial charge in [0.05, 0.1) is 6.61 Å². The Hall–Kier alpha value is -1.89. The van der Waals surface area contributed by atoms with E-state index < -0.39 is 0 Å². The fraction of sp³-hybridized carbons (Fsp3) is 0.538. The molecule has 0 spiro atoms. The molecule has 8 heteroatoms. The van der Waals surface area contributed by atoms with Gasteiger partial charge in [-0.25, -0.2) is 4.79 Å². The highest BCUT2D eigenvalue weighted by Crippen LogP contribution is 2.12. The van der Waals surface area contributed by atoms with Crippen LogP contribution in [0.25, 0.3) is 0 Å². The van der Waals surface area contributed by atoms with Crippen molar-refractivity contribution in [1.82, 2.24) is 20.4 Å². The van der Waals surface area contributed by atoms with Gasteiger partial charge in [0.15, 0.2) is 10.8 Å². The number of hydrogen-bond donors (Lipinski definition) is 1. The highest BCUT2D eigenvalue weighted by atomic mass is 35.5. The summed E-state index contributed by atoms with van der Waals surface area (Å²) in [4.78, 5) is 25.2. The third-order valence-electron chi connectivity index (χ3n) is 3.22. The number of carbonyl (C=O) groups is 2.